The molecule has 28 heavy (non-hydrogen) atoms. The van der Waals surface area contributed by atoms with Crippen LogP contribution in [-0.4, -0.2) is 35.7 Å². The summed E-state index contributed by atoms with van der Waals surface area (Å²) < 4.78 is 0. The van der Waals surface area contributed by atoms with Gasteiger partial charge in [0.05, 0.1) is 6.04 Å². The van der Waals surface area contributed by atoms with Crippen molar-refractivity contribution < 1.29 is 9.59 Å². The summed E-state index contributed by atoms with van der Waals surface area (Å²) in [6.45, 7) is 0. The number of hydrogen-bond donors (Lipinski definition) is 0. The molecule has 0 N–H and O–H groups in total. The van der Waals surface area contributed by atoms with Crippen molar-refractivity contribution in [2.75, 3.05) is 14.1 Å². The lowest BCUT2D eigenvalue weighted by Gasteiger charge is -2.58. The van der Waals surface area contributed by atoms with E-state index in [1.807, 2.05) is 78.9 Å². The second kappa shape index (κ2) is 6.97. The van der Waals surface area contributed by atoms with Crippen LogP contribution in [0.3, 0.4) is 0 Å². The maximum Gasteiger partial charge on any atom is 0.256 e. The van der Waals surface area contributed by atoms with E-state index in [1.165, 1.54) is 0 Å². The van der Waals surface area contributed by atoms with Gasteiger partial charge in [-0.15, -0.1) is 0 Å². The van der Waals surface area contributed by atoms with E-state index in [1.54, 1.807) is 36.0 Å². The molecule has 140 valence electrons. The largest absolute Gasteiger partial charge is 0.333 e. The number of β-lactam (4-membered cyclic amide) rings is 1. The number of likely N-dealkylation sites (tertiary alicyclic amines) is 1. The summed E-state index contributed by atoms with van der Waals surface area (Å²) >= 11 is 0. The molecule has 0 radical (unpaired) electrons. The molecule has 0 saturated carbocycles. The van der Waals surface area contributed by atoms with Crippen LogP contribution in [0.1, 0.15) is 27.5 Å². The summed E-state index contributed by atoms with van der Waals surface area (Å²) in [4.78, 5) is 30.0. The molecule has 4 rings (SSSR count). The van der Waals surface area contributed by atoms with E-state index in [0.29, 0.717) is 5.56 Å². The van der Waals surface area contributed by atoms with E-state index in [-0.39, 0.29) is 17.9 Å². The van der Waals surface area contributed by atoms with Gasteiger partial charge in [0.25, 0.3) is 11.8 Å². The van der Waals surface area contributed by atoms with Crippen molar-refractivity contribution in [3.05, 3.63) is 108 Å². The molecule has 1 heterocycles. The average Bonchev–Trinajstić information content (AvgIpc) is 2.77. The third-order valence-corrected chi connectivity index (χ3v) is 5.61. The molecule has 1 aliphatic rings. The molecule has 1 fully saturated rings. The Kier molecular flexibility index (Phi) is 4.47. The minimum absolute atomic E-state index is 0.0839. The van der Waals surface area contributed by atoms with Crippen LogP contribution in [0.15, 0.2) is 91.0 Å². The molecular weight excluding hydrogens is 348 g/mol. The van der Waals surface area contributed by atoms with Crippen LogP contribution in [0, 0.1) is 0 Å². The number of carbonyl (C=O) groups excluding carboxylic acids is 2. The van der Waals surface area contributed by atoms with Gasteiger partial charge >= 0.3 is 0 Å². The number of amides is 2. The van der Waals surface area contributed by atoms with E-state index in [2.05, 4.69) is 0 Å². The number of benzene rings is 3. The normalized spacial score (nSPS) is 21.1. The van der Waals surface area contributed by atoms with Crippen molar-refractivity contribution in [2.45, 2.75) is 11.6 Å². The molecular formula is C24H22N2O2. The Morgan fingerprint density at radius 2 is 1.36 bits per heavy atom. The van der Waals surface area contributed by atoms with Gasteiger partial charge in [0.2, 0.25) is 0 Å². The maximum atomic E-state index is 13.4. The maximum absolute atomic E-state index is 13.4. The van der Waals surface area contributed by atoms with Crippen molar-refractivity contribution in [3.8, 4) is 0 Å². The van der Waals surface area contributed by atoms with Crippen LogP contribution in [0.5, 0.6) is 0 Å². The quantitative estimate of drug-likeness (QED) is 0.654. The third kappa shape index (κ3) is 2.53. The molecule has 0 spiro atoms. The first-order valence-corrected chi connectivity index (χ1v) is 9.29. The van der Waals surface area contributed by atoms with Gasteiger partial charge in [-0.2, -0.15) is 0 Å². The summed E-state index contributed by atoms with van der Waals surface area (Å²) in [6.07, 6.45) is 0. The molecule has 1 aliphatic heterocycles. The number of hydrogen-bond acceptors (Lipinski definition) is 2. The molecule has 2 atom stereocenters. The number of nitrogens with zero attached hydrogens (tertiary/aromatic N) is 2. The molecule has 3 aromatic carbocycles. The fraction of sp³-hybridized carbons (Fsp3) is 0.167. The van der Waals surface area contributed by atoms with Crippen molar-refractivity contribution >= 4 is 11.8 Å². The van der Waals surface area contributed by atoms with Gasteiger partial charge in [-0.1, -0.05) is 78.9 Å². The van der Waals surface area contributed by atoms with Crippen molar-refractivity contribution in [1.29, 1.82) is 0 Å². The van der Waals surface area contributed by atoms with Crippen molar-refractivity contribution in [3.63, 3.8) is 0 Å². The Labute approximate surface area is 165 Å². The average molecular weight is 370 g/mol. The van der Waals surface area contributed by atoms with Crippen LogP contribution >= 0.6 is 0 Å². The minimum atomic E-state index is -1.08. The van der Waals surface area contributed by atoms with E-state index in [0.717, 1.165) is 11.1 Å². The topological polar surface area (TPSA) is 40.6 Å². The Hall–Kier alpha value is -3.40. The molecule has 0 bridgehead atoms. The molecule has 4 heteroatoms. The van der Waals surface area contributed by atoms with Crippen LogP contribution in [0.2, 0.25) is 0 Å². The van der Waals surface area contributed by atoms with Gasteiger partial charge in [-0.3, -0.25) is 9.59 Å². The Morgan fingerprint density at radius 3 is 1.93 bits per heavy atom. The van der Waals surface area contributed by atoms with Gasteiger partial charge < -0.3 is 9.80 Å². The first-order chi connectivity index (χ1) is 13.6. The number of likely N-dealkylation sites (N-methyl/N-ethyl adjacent to an activating group) is 2. The van der Waals surface area contributed by atoms with Gasteiger partial charge in [0.1, 0.15) is 0 Å². The first kappa shape index (κ1) is 18.0. The zero-order chi connectivity index (χ0) is 19.7. The second-order valence-electron chi connectivity index (χ2n) is 7.09. The fourth-order valence-electron chi connectivity index (χ4n) is 4.25. The fourth-order valence-corrected chi connectivity index (χ4v) is 4.25. The highest BCUT2D eigenvalue weighted by molar-refractivity contribution is 6.03. The second-order valence-corrected chi connectivity index (χ2v) is 7.09. The number of carbonyl (C=O) groups is 2. The molecule has 0 aliphatic carbocycles. The van der Waals surface area contributed by atoms with E-state index < -0.39 is 5.54 Å². The van der Waals surface area contributed by atoms with Gasteiger partial charge in [0, 0.05) is 19.7 Å². The summed E-state index contributed by atoms with van der Waals surface area (Å²) in [5.74, 6) is -0.258. The zero-order valence-electron chi connectivity index (χ0n) is 15.9. The smallest absolute Gasteiger partial charge is 0.256 e. The van der Waals surface area contributed by atoms with Gasteiger partial charge in [0.15, 0.2) is 5.54 Å². The highest BCUT2D eigenvalue weighted by Crippen LogP contribution is 2.52. The van der Waals surface area contributed by atoms with Crippen molar-refractivity contribution in [1.82, 2.24) is 9.80 Å². The van der Waals surface area contributed by atoms with Crippen LogP contribution < -0.4 is 0 Å². The summed E-state index contributed by atoms with van der Waals surface area (Å²) in [7, 11) is 3.52. The molecule has 1 saturated heterocycles. The Balaban J connectivity index is 1.88. The third-order valence-electron chi connectivity index (χ3n) is 5.61. The summed E-state index contributed by atoms with van der Waals surface area (Å²) in [5.41, 5.74) is 1.30. The zero-order valence-corrected chi connectivity index (χ0v) is 15.9. The van der Waals surface area contributed by atoms with E-state index in [9.17, 15) is 9.59 Å². The lowest BCUT2D eigenvalue weighted by molar-refractivity contribution is -0.172. The van der Waals surface area contributed by atoms with Gasteiger partial charge in [-0.05, 0) is 23.3 Å². The predicted molar refractivity (Wildman–Crippen MR) is 109 cm³/mol. The summed E-state index contributed by atoms with van der Waals surface area (Å²) in [6, 6.07) is 28.3. The highest BCUT2D eigenvalue weighted by atomic mass is 16.2. The molecule has 0 unspecified atom stereocenters. The molecule has 4 nitrogen and oxygen atoms in total. The van der Waals surface area contributed by atoms with Gasteiger partial charge in [-0.25, -0.2) is 0 Å². The Morgan fingerprint density at radius 1 is 0.857 bits per heavy atom. The van der Waals surface area contributed by atoms with Crippen molar-refractivity contribution in [2.24, 2.45) is 0 Å². The van der Waals surface area contributed by atoms with E-state index >= 15 is 0 Å². The van der Waals surface area contributed by atoms with Crippen LogP contribution in [0.25, 0.3) is 0 Å². The lowest BCUT2D eigenvalue weighted by Crippen LogP contribution is -2.72. The molecule has 2 amide bonds. The SMILES string of the molecule is CN1C(=O)[C@@](c2ccccc2)(N(C)C(=O)c2ccccc2)[C@H]1c1ccccc1. The van der Waals surface area contributed by atoms with Crippen LogP contribution in [0.4, 0.5) is 0 Å². The minimum Gasteiger partial charge on any atom is -0.333 e. The standard InChI is InChI=1S/C24H22N2O2/c1-25-21(18-12-6-3-7-13-18)24(23(25)28,20-16-10-5-11-17-20)26(2)22(27)19-14-8-4-9-15-19/h3-17,21H,1-2H3/t21-,24+/m1/s1. The monoisotopic (exact) mass is 370 g/mol. The predicted octanol–water partition coefficient (Wildman–Crippen LogP) is 3.87. The highest BCUT2D eigenvalue weighted by Gasteiger charge is 2.64. The molecule has 3 aromatic rings. The Bertz CT molecular complexity index is 989. The number of rotatable bonds is 4. The van der Waals surface area contributed by atoms with Crippen LogP contribution in [-0.2, 0) is 10.3 Å². The van der Waals surface area contributed by atoms with E-state index in [4.69, 9.17) is 0 Å². The first-order valence-electron chi connectivity index (χ1n) is 9.29. The molecule has 0 aromatic heterocycles. The summed E-state index contributed by atoms with van der Waals surface area (Å²) in [5, 5.41) is 0. The lowest BCUT2D eigenvalue weighted by atomic mass is 9.69.